The molecule has 31 heavy (non-hydrogen) atoms. The Morgan fingerprint density at radius 3 is 2.68 bits per heavy atom. The molecule has 2 atom stereocenters. The van der Waals surface area contributed by atoms with Gasteiger partial charge in [0, 0.05) is 12.6 Å². The lowest BCUT2D eigenvalue weighted by Gasteiger charge is -2.29. The van der Waals surface area contributed by atoms with Gasteiger partial charge in [-0.05, 0) is 35.7 Å². The lowest BCUT2D eigenvalue weighted by Crippen LogP contribution is -2.45. The van der Waals surface area contributed by atoms with Crippen LogP contribution in [0.1, 0.15) is 16.7 Å². The van der Waals surface area contributed by atoms with E-state index >= 15 is 0 Å². The second kappa shape index (κ2) is 8.60. The Morgan fingerprint density at radius 1 is 1.26 bits per heavy atom. The van der Waals surface area contributed by atoms with Crippen molar-refractivity contribution in [3.8, 4) is 6.07 Å². The number of H-pyrrole nitrogens is 1. The molecule has 1 aliphatic rings. The summed E-state index contributed by atoms with van der Waals surface area (Å²) in [5, 5.41) is 9.21. The van der Waals surface area contributed by atoms with Gasteiger partial charge >= 0.3 is 0 Å². The number of rotatable bonds is 5. The van der Waals surface area contributed by atoms with Gasteiger partial charge in [0.1, 0.15) is 0 Å². The van der Waals surface area contributed by atoms with Crippen LogP contribution in [-0.4, -0.2) is 44.0 Å². The molecular weight excluding hydrogens is 438 g/mol. The lowest BCUT2D eigenvalue weighted by molar-refractivity contribution is 0.314. The van der Waals surface area contributed by atoms with E-state index in [2.05, 4.69) is 9.97 Å². The predicted molar refractivity (Wildman–Crippen MR) is 115 cm³/mol. The van der Waals surface area contributed by atoms with Crippen LogP contribution in [0, 0.1) is 11.3 Å². The number of aromatic amines is 1. The van der Waals surface area contributed by atoms with Gasteiger partial charge in [-0.1, -0.05) is 30.3 Å². The van der Waals surface area contributed by atoms with E-state index in [-0.39, 0.29) is 18.1 Å². The first-order chi connectivity index (χ1) is 14.9. The van der Waals surface area contributed by atoms with E-state index in [1.807, 2.05) is 36.4 Å². The average molecular weight is 458 g/mol. The number of nitriles is 1. The van der Waals surface area contributed by atoms with Gasteiger partial charge in [-0.3, -0.25) is 8.86 Å². The van der Waals surface area contributed by atoms with Gasteiger partial charge in [-0.25, -0.2) is 9.19 Å². The summed E-state index contributed by atoms with van der Waals surface area (Å²) < 4.78 is 51.7. The fourth-order valence-corrected chi connectivity index (χ4v) is 5.75. The molecule has 0 radical (unpaired) electrons. The summed E-state index contributed by atoms with van der Waals surface area (Å²) in [6.45, 7) is -0.0398. The van der Waals surface area contributed by atoms with Crippen molar-refractivity contribution in [2.75, 3.05) is 10.8 Å². The van der Waals surface area contributed by atoms with Crippen molar-refractivity contribution < 1.29 is 17.2 Å². The highest BCUT2D eigenvalue weighted by Gasteiger charge is 2.37. The fourth-order valence-electron chi connectivity index (χ4n) is 3.67. The highest BCUT2D eigenvalue weighted by molar-refractivity contribution is 7.92. The molecule has 0 fully saturated rings. The zero-order chi connectivity index (χ0) is 22.0. The Balaban J connectivity index is 1.84. The molecule has 9 nitrogen and oxygen atoms in total. The standard InChI is InChI=1S/C20H19N5O4S2/c21-10-16-6-7-19-17(8-16)12-24(30(26)27)18(9-15-4-2-1-3-5-15)13-25(19)31(28,29)20-11-22-14-23-20/h1-8,11,14,18H,9,12-13H2,(H,22,23)(H,26,27)/t18-/m1/s1. The zero-order valence-corrected chi connectivity index (χ0v) is 17.9. The van der Waals surface area contributed by atoms with Crippen LogP contribution in [0.5, 0.6) is 0 Å². The third-order valence-electron chi connectivity index (χ3n) is 5.14. The van der Waals surface area contributed by atoms with Crippen LogP contribution < -0.4 is 4.31 Å². The van der Waals surface area contributed by atoms with Crippen LogP contribution in [0.2, 0.25) is 0 Å². The van der Waals surface area contributed by atoms with Gasteiger partial charge in [0.2, 0.25) is 11.3 Å². The third-order valence-corrected chi connectivity index (χ3v) is 7.68. The van der Waals surface area contributed by atoms with E-state index in [1.165, 1.54) is 27.2 Å². The molecule has 2 heterocycles. The summed E-state index contributed by atoms with van der Waals surface area (Å²) in [4.78, 5) is 6.45. The maximum Gasteiger partial charge on any atom is 0.281 e. The quantitative estimate of drug-likeness (QED) is 0.564. The Labute approximate surface area is 182 Å². The fraction of sp³-hybridized carbons (Fsp3) is 0.200. The van der Waals surface area contributed by atoms with E-state index in [0.29, 0.717) is 23.2 Å². The molecular formula is C20H19N5O4S2. The minimum Gasteiger partial charge on any atom is -0.334 e. The molecule has 0 spiro atoms. The van der Waals surface area contributed by atoms with Gasteiger partial charge in [0.05, 0.1) is 36.4 Å². The van der Waals surface area contributed by atoms with Gasteiger partial charge in [-0.15, -0.1) is 0 Å². The van der Waals surface area contributed by atoms with Crippen LogP contribution in [0.3, 0.4) is 0 Å². The van der Waals surface area contributed by atoms with E-state index in [1.54, 1.807) is 12.1 Å². The molecule has 4 rings (SSSR count). The molecule has 1 unspecified atom stereocenters. The third kappa shape index (κ3) is 4.24. The highest BCUT2D eigenvalue weighted by Crippen LogP contribution is 2.33. The molecule has 0 bridgehead atoms. The van der Waals surface area contributed by atoms with Gasteiger partial charge in [0.25, 0.3) is 10.0 Å². The minimum atomic E-state index is -4.02. The molecule has 3 aromatic rings. The first kappa shape index (κ1) is 21.2. The molecule has 160 valence electrons. The first-order valence-corrected chi connectivity index (χ1v) is 11.9. The van der Waals surface area contributed by atoms with Crippen molar-refractivity contribution in [1.82, 2.24) is 14.3 Å². The number of fused-ring (bicyclic) bond motifs is 1. The number of hydrogen-bond acceptors (Lipinski definition) is 5. The Bertz CT molecular complexity index is 1240. The van der Waals surface area contributed by atoms with Crippen LogP contribution in [0.4, 0.5) is 5.69 Å². The van der Waals surface area contributed by atoms with Gasteiger partial charge in [0.15, 0.2) is 5.03 Å². The van der Waals surface area contributed by atoms with Gasteiger partial charge in [-0.2, -0.15) is 18.0 Å². The predicted octanol–water partition coefficient (Wildman–Crippen LogP) is 2.04. The SMILES string of the molecule is N#Cc1ccc2c(c1)CN(S(=O)O)[C@H](Cc1ccccc1)CN2S(=O)(=O)c1cnc[nH]1. The Hall–Kier alpha value is -3.04. The zero-order valence-electron chi connectivity index (χ0n) is 16.2. The number of anilines is 1. The van der Waals surface area contributed by atoms with E-state index in [9.17, 15) is 22.4 Å². The molecule has 11 heteroatoms. The molecule has 2 aromatic carbocycles. The smallest absolute Gasteiger partial charge is 0.281 e. The van der Waals surface area contributed by atoms with E-state index in [0.717, 1.165) is 5.56 Å². The van der Waals surface area contributed by atoms with Crippen molar-refractivity contribution in [3.05, 3.63) is 77.7 Å². The first-order valence-electron chi connectivity index (χ1n) is 9.36. The number of benzene rings is 2. The molecule has 0 aliphatic carbocycles. The highest BCUT2D eigenvalue weighted by atomic mass is 32.2. The maximum atomic E-state index is 13.4. The van der Waals surface area contributed by atoms with Crippen molar-refractivity contribution in [1.29, 1.82) is 5.26 Å². The van der Waals surface area contributed by atoms with Gasteiger partial charge < -0.3 is 4.98 Å². The normalized spacial score (nSPS) is 18.1. The Kier molecular flexibility index (Phi) is 5.88. The summed E-state index contributed by atoms with van der Waals surface area (Å²) in [5.41, 5.74) is 2.08. The van der Waals surface area contributed by atoms with Crippen molar-refractivity contribution in [3.63, 3.8) is 0 Å². The largest absolute Gasteiger partial charge is 0.334 e. The maximum absolute atomic E-state index is 13.4. The molecule has 0 amide bonds. The van der Waals surface area contributed by atoms with Crippen molar-refractivity contribution >= 4 is 27.0 Å². The van der Waals surface area contributed by atoms with Crippen LogP contribution >= 0.6 is 0 Å². The number of hydrogen-bond donors (Lipinski definition) is 2. The number of imidazole rings is 1. The summed E-state index contributed by atoms with van der Waals surface area (Å²) in [6.07, 6.45) is 2.86. The number of nitrogens with one attached hydrogen (secondary N) is 1. The van der Waals surface area contributed by atoms with Crippen LogP contribution in [-0.2, 0) is 34.3 Å². The number of aromatic nitrogens is 2. The second-order valence-corrected chi connectivity index (χ2v) is 9.82. The number of nitrogens with zero attached hydrogens (tertiary/aromatic N) is 4. The van der Waals surface area contributed by atoms with Crippen molar-refractivity contribution in [2.24, 2.45) is 0 Å². The van der Waals surface area contributed by atoms with E-state index < -0.39 is 27.3 Å². The lowest BCUT2D eigenvalue weighted by atomic mass is 10.1. The van der Waals surface area contributed by atoms with E-state index in [4.69, 9.17) is 0 Å². The minimum absolute atomic E-state index is 0.0143. The molecule has 0 saturated heterocycles. The molecule has 2 N–H and O–H groups in total. The molecule has 1 aromatic heterocycles. The van der Waals surface area contributed by atoms with Crippen LogP contribution in [0.15, 0.2) is 66.1 Å². The molecule has 1 aliphatic heterocycles. The summed E-state index contributed by atoms with van der Waals surface area (Å²) in [7, 11) is -4.02. The summed E-state index contributed by atoms with van der Waals surface area (Å²) >= 11 is -2.35. The monoisotopic (exact) mass is 457 g/mol. The Morgan fingerprint density at radius 2 is 2.03 bits per heavy atom. The topological polar surface area (TPSA) is 130 Å². The summed E-state index contributed by atoms with van der Waals surface area (Å²) in [5.74, 6) is 0. The summed E-state index contributed by atoms with van der Waals surface area (Å²) in [6, 6.07) is 15.4. The van der Waals surface area contributed by atoms with Crippen molar-refractivity contribution in [2.45, 2.75) is 24.0 Å². The van der Waals surface area contributed by atoms with Crippen LogP contribution in [0.25, 0.3) is 0 Å². The number of sulfonamides is 1. The average Bonchev–Trinajstić information content (AvgIpc) is 3.26. The molecule has 0 saturated carbocycles. The second-order valence-electron chi connectivity index (χ2n) is 7.06.